The van der Waals surface area contributed by atoms with E-state index in [0.29, 0.717) is 12.1 Å². The summed E-state index contributed by atoms with van der Waals surface area (Å²) >= 11 is 1.67. The highest BCUT2D eigenvalue weighted by molar-refractivity contribution is 7.16. The molecular weight excluding hydrogens is 368 g/mol. The fourth-order valence-electron chi connectivity index (χ4n) is 4.08. The van der Waals surface area contributed by atoms with E-state index in [9.17, 15) is 9.90 Å². The third-order valence-electron chi connectivity index (χ3n) is 5.67. The van der Waals surface area contributed by atoms with Crippen LogP contribution in [0.5, 0.6) is 0 Å². The third-order valence-corrected chi connectivity index (χ3v) is 7.00. The number of hydrazine groups is 1. The Morgan fingerprint density at radius 3 is 2.75 bits per heavy atom. The number of thiophene rings is 1. The summed E-state index contributed by atoms with van der Waals surface area (Å²) in [6, 6.07) is 8.12. The molecule has 1 aromatic heterocycles. The maximum Gasteiger partial charge on any atom is 0.337 e. The van der Waals surface area contributed by atoms with Crippen molar-refractivity contribution in [3.8, 4) is 10.4 Å². The maximum absolute atomic E-state index is 12.2. The molecule has 0 fully saturated rings. The summed E-state index contributed by atoms with van der Waals surface area (Å²) in [6.45, 7) is 8.13. The molecule has 1 aliphatic carbocycles. The van der Waals surface area contributed by atoms with Crippen LogP contribution in [0.3, 0.4) is 0 Å². The number of benzene rings is 1. The number of hydrogen-bond donors (Lipinski definition) is 2. The molecule has 0 spiro atoms. The average molecular weight is 401 g/mol. The van der Waals surface area contributed by atoms with Gasteiger partial charge >= 0.3 is 5.97 Å². The molecule has 0 saturated heterocycles. The van der Waals surface area contributed by atoms with Crippen molar-refractivity contribution in [1.82, 2.24) is 5.01 Å². The number of nitrogens with zero attached hydrogens (tertiary/aromatic N) is 1. The molecule has 4 nitrogen and oxygen atoms in total. The summed E-state index contributed by atoms with van der Waals surface area (Å²) in [7, 11) is 0. The maximum atomic E-state index is 12.2. The Balaban J connectivity index is 1.96. The van der Waals surface area contributed by atoms with Crippen molar-refractivity contribution < 1.29 is 9.90 Å². The molecule has 3 N–H and O–H groups in total. The van der Waals surface area contributed by atoms with Gasteiger partial charge in [-0.15, -0.1) is 11.3 Å². The summed E-state index contributed by atoms with van der Waals surface area (Å²) in [5.41, 5.74) is 3.83. The van der Waals surface area contributed by atoms with Gasteiger partial charge < -0.3 is 5.11 Å². The number of aromatic carboxylic acids is 1. The van der Waals surface area contributed by atoms with E-state index in [-0.39, 0.29) is 5.41 Å². The number of fused-ring (bicyclic) bond motifs is 1. The molecule has 28 heavy (non-hydrogen) atoms. The molecule has 3 rings (SSSR count). The van der Waals surface area contributed by atoms with Gasteiger partial charge in [0.05, 0.1) is 5.56 Å². The van der Waals surface area contributed by atoms with Gasteiger partial charge in [0.2, 0.25) is 0 Å². The molecule has 0 bridgehead atoms. The zero-order chi connectivity index (χ0) is 20.3. The van der Waals surface area contributed by atoms with Gasteiger partial charge in [-0.2, -0.15) is 0 Å². The van der Waals surface area contributed by atoms with Gasteiger partial charge in [-0.05, 0) is 47.8 Å². The first kappa shape index (κ1) is 21.0. The monoisotopic (exact) mass is 400 g/mol. The van der Waals surface area contributed by atoms with E-state index in [0.717, 1.165) is 53.8 Å². The van der Waals surface area contributed by atoms with Gasteiger partial charge in [-0.3, -0.25) is 5.84 Å². The van der Waals surface area contributed by atoms with E-state index in [4.69, 9.17) is 5.84 Å². The summed E-state index contributed by atoms with van der Waals surface area (Å²) in [4.78, 5) is 14.4. The summed E-state index contributed by atoms with van der Waals surface area (Å²) in [6.07, 6.45) is 6.33. The second kappa shape index (κ2) is 8.76. The highest BCUT2D eigenvalue weighted by Crippen LogP contribution is 2.45. The van der Waals surface area contributed by atoms with Gasteiger partial charge in [-0.25, -0.2) is 9.80 Å². The van der Waals surface area contributed by atoms with Crippen LogP contribution in [0.4, 0.5) is 0 Å². The average Bonchev–Trinajstić information content (AvgIpc) is 2.99. The van der Waals surface area contributed by atoms with Crippen LogP contribution in [0.25, 0.3) is 10.4 Å². The summed E-state index contributed by atoms with van der Waals surface area (Å²) in [5.74, 6) is 5.43. The van der Waals surface area contributed by atoms with Gasteiger partial charge in [0.15, 0.2) is 0 Å². The van der Waals surface area contributed by atoms with Crippen LogP contribution in [0, 0.1) is 5.41 Å². The van der Waals surface area contributed by atoms with Crippen molar-refractivity contribution in [1.29, 1.82) is 0 Å². The molecule has 2 aromatic rings. The Kier molecular flexibility index (Phi) is 6.58. The lowest BCUT2D eigenvalue weighted by Crippen LogP contribution is -2.31. The number of carboxylic acid groups (broad SMARTS) is 1. The molecule has 1 aromatic carbocycles. The number of carbonyl (C=O) groups is 1. The van der Waals surface area contributed by atoms with Gasteiger partial charge in [0.25, 0.3) is 0 Å². The van der Waals surface area contributed by atoms with Crippen molar-refractivity contribution in [3.63, 3.8) is 0 Å². The number of unbranched alkanes of at least 4 members (excludes halogenated alkanes) is 2. The fraction of sp³-hybridized carbons (Fsp3) is 0.522. The minimum absolute atomic E-state index is 0.155. The highest BCUT2D eigenvalue weighted by atomic mass is 32.1. The van der Waals surface area contributed by atoms with Crippen LogP contribution in [0.2, 0.25) is 0 Å². The minimum Gasteiger partial charge on any atom is -0.478 e. The van der Waals surface area contributed by atoms with Crippen LogP contribution in [0.1, 0.15) is 72.8 Å². The smallest absolute Gasteiger partial charge is 0.337 e. The molecule has 0 amide bonds. The lowest BCUT2D eigenvalue weighted by molar-refractivity contribution is 0.0696. The van der Waals surface area contributed by atoms with E-state index in [1.54, 1.807) is 11.3 Å². The molecular formula is C23H32N2O2S. The first-order valence-corrected chi connectivity index (χ1v) is 11.1. The van der Waals surface area contributed by atoms with Crippen molar-refractivity contribution in [3.05, 3.63) is 45.8 Å². The second-order valence-corrected chi connectivity index (χ2v) is 9.79. The third kappa shape index (κ3) is 4.65. The van der Waals surface area contributed by atoms with Gasteiger partial charge in [0.1, 0.15) is 0 Å². The van der Waals surface area contributed by atoms with Gasteiger partial charge in [0, 0.05) is 22.8 Å². The largest absolute Gasteiger partial charge is 0.478 e. The Labute approximate surface area is 172 Å². The predicted octanol–water partition coefficient (Wildman–Crippen LogP) is 5.49. The molecule has 0 atom stereocenters. The van der Waals surface area contributed by atoms with Crippen LogP contribution < -0.4 is 5.84 Å². The Morgan fingerprint density at radius 1 is 1.29 bits per heavy atom. The van der Waals surface area contributed by atoms with Crippen LogP contribution in [-0.4, -0.2) is 22.6 Å². The lowest BCUT2D eigenvalue weighted by atomic mass is 9.76. The Bertz CT molecular complexity index is 841. The Morgan fingerprint density at radius 2 is 2.04 bits per heavy atom. The molecule has 0 unspecified atom stereocenters. The Hall–Kier alpha value is -1.69. The molecule has 5 heteroatoms. The number of aryl methyl sites for hydroxylation is 1. The van der Waals surface area contributed by atoms with Crippen molar-refractivity contribution in [2.24, 2.45) is 11.3 Å². The lowest BCUT2D eigenvalue weighted by Gasteiger charge is -2.29. The normalized spacial score (nSPS) is 15.6. The van der Waals surface area contributed by atoms with E-state index in [2.05, 4.69) is 26.8 Å². The SMILES string of the molecule is CCCCCN(N)Cc1ccccc1-c1sc2c(c1C(=O)O)CC(C)(C)CC2. The number of rotatable bonds is 8. The van der Waals surface area contributed by atoms with Crippen molar-refractivity contribution in [2.75, 3.05) is 6.54 Å². The molecule has 152 valence electrons. The van der Waals surface area contributed by atoms with Crippen molar-refractivity contribution in [2.45, 2.75) is 65.8 Å². The predicted molar refractivity (Wildman–Crippen MR) is 117 cm³/mol. The van der Waals surface area contributed by atoms with Crippen molar-refractivity contribution >= 4 is 17.3 Å². The fourth-order valence-corrected chi connectivity index (χ4v) is 5.45. The van der Waals surface area contributed by atoms with E-state index >= 15 is 0 Å². The van der Waals surface area contributed by atoms with E-state index < -0.39 is 5.97 Å². The summed E-state index contributed by atoms with van der Waals surface area (Å²) in [5, 5.41) is 11.9. The number of hydrogen-bond acceptors (Lipinski definition) is 4. The molecule has 0 aliphatic heterocycles. The minimum atomic E-state index is -0.812. The molecule has 1 heterocycles. The highest BCUT2D eigenvalue weighted by Gasteiger charge is 2.33. The number of carboxylic acids is 1. The number of nitrogens with two attached hydrogens (primary N) is 1. The second-order valence-electron chi connectivity index (χ2n) is 8.69. The first-order valence-electron chi connectivity index (χ1n) is 10.3. The van der Waals surface area contributed by atoms with Crippen LogP contribution in [-0.2, 0) is 19.4 Å². The molecule has 0 radical (unpaired) electrons. The van der Waals surface area contributed by atoms with Crippen LogP contribution >= 0.6 is 11.3 Å². The van der Waals surface area contributed by atoms with Crippen LogP contribution in [0.15, 0.2) is 24.3 Å². The van der Waals surface area contributed by atoms with E-state index in [1.807, 2.05) is 23.2 Å². The molecule has 1 aliphatic rings. The topological polar surface area (TPSA) is 66.6 Å². The zero-order valence-corrected chi connectivity index (χ0v) is 18.1. The molecule has 0 saturated carbocycles. The summed E-state index contributed by atoms with van der Waals surface area (Å²) < 4.78 is 0. The van der Waals surface area contributed by atoms with E-state index in [1.165, 1.54) is 17.7 Å². The van der Waals surface area contributed by atoms with Gasteiger partial charge in [-0.1, -0.05) is 57.9 Å². The zero-order valence-electron chi connectivity index (χ0n) is 17.3. The quantitative estimate of drug-likeness (QED) is 0.349. The first-order chi connectivity index (χ1) is 13.3. The standard InChI is InChI=1S/C23H32N2O2S/c1-4-5-8-13-25(24)15-16-9-6-7-10-17(16)21-20(22(26)27)18-14-23(2,3)12-11-19(18)28-21/h6-7,9-10H,4-5,8,11-15,24H2,1-3H3,(H,26,27).